The van der Waals surface area contributed by atoms with Gasteiger partial charge in [-0.15, -0.1) is 0 Å². The highest BCUT2D eigenvalue weighted by Crippen LogP contribution is 2.23. The third kappa shape index (κ3) is 2.01. The van der Waals surface area contributed by atoms with Crippen molar-refractivity contribution in [2.75, 3.05) is 13.1 Å². The van der Waals surface area contributed by atoms with Crippen LogP contribution in [0.15, 0.2) is 18.2 Å². The number of para-hydroxylation sites is 1. The molecule has 2 aromatic rings. The van der Waals surface area contributed by atoms with Crippen molar-refractivity contribution in [2.24, 2.45) is 5.73 Å². The first-order valence-electron chi connectivity index (χ1n) is 5.40. The van der Waals surface area contributed by atoms with Gasteiger partial charge >= 0.3 is 0 Å². The zero-order chi connectivity index (χ0) is 12.4. The Balaban J connectivity index is 2.50. The second-order valence-corrected chi connectivity index (χ2v) is 3.83. The maximum atomic E-state index is 13.5. The molecule has 2 rings (SSSR count). The lowest BCUT2D eigenvalue weighted by atomic mass is 10.1. The van der Waals surface area contributed by atoms with E-state index >= 15 is 0 Å². The van der Waals surface area contributed by atoms with E-state index in [1.807, 2.05) is 0 Å². The number of amides is 1. The number of aromatic amines is 1. The monoisotopic (exact) mass is 235 g/mol. The van der Waals surface area contributed by atoms with Gasteiger partial charge in [-0.05, 0) is 13.0 Å². The summed E-state index contributed by atoms with van der Waals surface area (Å²) in [6.07, 6.45) is 0. The summed E-state index contributed by atoms with van der Waals surface area (Å²) in [5.74, 6) is -0.590. The van der Waals surface area contributed by atoms with Gasteiger partial charge in [0.05, 0.1) is 11.1 Å². The molecule has 0 spiro atoms. The van der Waals surface area contributed by atoms with E-state index < -0.39 is 0 Å². The molecular formula is C12H14FN3O. The molecule has 4 N–H and O–H groups in total. The summed E-state index contributed by atoms with van der Waals surface area (Å²) < 4.78 is 13.5. The van der Waals surface area contributed by atoms with Crippen LogP contribution in [0.25, 0.3) is 10.9 Å². The number of hydrogen-bond donors (Lipinski definition) is 3. The van der Waals surface area contributed by atoms with Gasteiger partial charge in [0.25, 0.3) is 5.91 Å². The number of benzene rings is 1. The second-order valence-electron chi connectivity index (χ2n) is 3.83. The van der Waals surface area contributed by atoms with Crippen molar-refractivity contribution in [3.8, 4) is 0 Å². The van der Waals surface area contributed by atoms with Crippen LogP contribution in [0.3, 0.4) is 0 Å². The number of aryl methyl sites for hydroxylation is 1. The van der Waals surface area contributed by atoms with Gasteiger partial charge in [0, 0.05) is 24.2 Å². The van der Waals surface area contributed by atoms with Gasteiger partial charge in [0.2, 0.25) is 0 Å². The van der Waals surface area contributed by atoms with Gasteiger partial charge in [0.1, 0.15) is 5.82 Å². The lowest BCUT2D eigenvalue weighted by Crippen LogP contribution is -2.29. The Bertz CT molecular complexity index is 562. The molecule has 0 radical (unpaired) electrons. The molecule has 0 aliphatic rings. The molecule has 0 atom stereocenters. The van der Waals surface area contributed by atoms with E-state index in [4.69, 9.17) is 5.73 Å². The summed E-state index contributed by atoms with van der Waals surface area (Å²) in [6, 6.07) is 4.67. The fourth-order valence-corrected chi connectivity index (χ4v) is 1.88. The van der Waals surface area contributed by atoms with Crippen LogP contribution >= 0.6 is 0 Å². The second kappa shape index (κ2) is 4.55. The number of hydrogen-bond acceptors (Lipinski definition) is 2. The Hall–Kier alpha value is -1.88. The molecule has 0 fully saturated rings. The van der Waals surface area contributed by atoms with Gasteiger partial charge in [-0.2, -0.15) is 0 Å². The highest BCUT2D eigenvalue weighted by atomic mass is 19.1. The molecule has 5 heteroatoms. The zero-order valence-electron chi connectivity index (χ0n) is 9.51. The zero-order valence-corrected chi connectivity index (χ0v) is 9.51. The minimum atomic E-state index is -0.358. The van der Waals surface area contributed by atoms with Crippen molar-refractivity contribution in [1.29, 1.82) is 0 Å². The van der Waals surface area contributed by atoms with Crippen LogP contribution in [0.2, 0.25) is 0 Å². The third-order valence-electron chi connectivity index (χ3n) is 2.63. The molecule has 0 aliphatic carbocycles. The average Bonchev–Trinajstić information content (AvgIpc) is 2.64. The lowest BCUT2D eigenvalue weighted by Gasteiger charge is -2.03. The maximum absolute atomic E-state index is 13.5. The Kier molecular flexibility index (Phi) is 3.10. The first-order valence-corrected chi connectivity index (χ1v) is 5.40. The topological polar surface area (TPSA) is 70.9 Å². The van der Waals surface area contributed by atoms with Crippen LogP contribution in [-0.4, -0.2) is 24.0 Å². The van der Waals surface area contributed by atoms with E-state index in [-0.39, 0.29) is 11.7 Å². The summed E-state index contributed by atoms with van der Waals surface area (Å²) in [5.41, 5.74) is 6.82. The summed E-state index contributed by atoms with van der Waals surface area (Å²) in [4.78, 5) is 14.8. The summed E-state index contributed by atoms with van der Waals surface area (Å²) in [6.45, 7) is 2.53. The van der Waals surface area contributed by atoms with Crippen LogP contribution < -0.4 is 11.1 Å². The Morgan fingerprint density at radius 1 is 1.53 bits per heavy atom. The number of halogens is 1. The van der Waals surface area contributed by atoms with E-state index in [0.717, 1.165) is 0 Å². The molecule has 0 saturated heterocycles. The van der Waals surface area contributed by atoms with Crippen LogP contribution in [0.5, 0.6) is 0 Å². The minimum absolute atomic E-state index is 0.232. The van der Waals surface area contributed by atoms with E-state index in [9.17, 15) is 9.18 Å². The lowest BCUT2D eigenvalue weighted by molar-refractivity contribution is 0.0956. The fraction of sp³-hybridized carbons (Fsp3) is 0.250. The van der Waals surface area contributed by atoms with Crippen LogP contribution in [0.4, 0.5) is 4.39 Å². The SMILES string of the molecule is Cc1[nH]c2c(F)cccc2c1C(=O)NCCN. The number of H-pyrrole nitrogens is 1. The van der Waals surface area contributed by atoms with Crippen LogP contribution in [0.1, 0.15) is 16.1 Å². The molecule has 1 aromatic heterocycles. The number of carbonyl (C=O) groups excluding carboxylic acids is 1. The normalized spacial score (nSPS) is 10.8. The Morgan fingerprint density at radius 3 is 3.00 bits per heavy atom. The molecule has 1 aromatic carbocycles. The first kappa shape index (κ1) is 11.6. The minimum Gasteiger partial charge on any atom is -0.356 e. The molecular weight excluding hydrogens is 221 g/mol. The predicted molar refractivity (Wildman–Crippen MR) is 64.4 cm³/mol. The highest BCUT2D eigenvalue weighted by Gasteiger charge is 2.16. The summed E-state index contributed by atoms with van der Waals surface area (Å²) >= 11 is 0. The molecule has 17 heavy (non-hydrogen) atoms. The molecule has 0 saturated carbocycles. The smallest absolute Gasteiger partial charge is 0.253 e. The Labute approximate surface area is 98.0 Å². The van der Waals surface area contributed by atoms with E-state index in [1.165, 1.54) is 6.07 Å². The average molecular weight is 235 g/mol. The number of rotatable bonds is 3. The van der Waals surface area contributed by atoms with Crippen molar-refractivity contribution >= 4 is 16.8 Å². The number of fused-ring (bicyclic) bond motifs is 1. The standard InChI is InChI=1S/C12H14FN3O/c1-7-10(12(17)15-6-5-14)8-3-2-4-9(13)11(8)16-7/h2-4,16H,5-6,14H2,1H3,(H,15,17). The number of nitrogens with one attached hydrogen (secondary N) is 2. The molecule has 0 bridgehead atoms. The van der Waals surface area contributed by atoms with Gasteiger partial charge in [-0.25, -0.2) is 4.39 Å². The van der Waals surface area contributed by atoms with E-state index in [0.29, 0.717) is 35.2 Å². The van der Waals surface area contributed by atoms with Crippen LogP contribution in [-0.2, 0) is 0 Å². The molecule has 1 heterocycles. The van der Waals surface area contributed by atoms with Crippen molar-refractivity contribution < 1.29 is 9.18 Å². The molecule has 4 nitrogen and oxygen atoms in total. The number of nitrogens with two attached hydrogens (primary N) is 1. The number of carbonyl (C=O) groups is 1. The van der Waals surface area contributed by atoms with Crippen molar-refractivity contribution in [2.45, 2.75) is 6.92 Å². The molecule has 0 unspecified atom stereocenters. The van der Waals surface area contributed by atoms with Gasteiger partial charge in [-0.1, -0.05) is 12.1 Å². The highest BCUT2D eigenvalue weighted by molar-refractivity contribution is 6.08. The summed E-state index contributed by atoms with van der Waals surface area (Å²) in [5, 5.41) is 3.28. The maximum Gasteiger partial charge on any atom is 0.253 e. The fourth-order valence-electron chi connectivity index (χ4n) is 1.88. The van der Waals surface area contributed by atoms with Gasteiger partial charge < -0.3 is 16.0 Å². The Morgan fingerprint density at radius 2 is 2.29 bits per heavy atom. The molecule has 1 amide bonds. The third-order valence-corrected chi connectivity index (χ3v) is 2.63. The molecule has 0 aliphatic heterocycles. The van der Waals surface area contributed by atoms with Gasteiger partial charge in [-0.3, -0.25) is 4.79 Å². The number of aromatic nitrogens is 1. The van der Waals surface area contributed by atoms with Gasteiger partial charge in [0.15, 0.2) is 0 Å². The quantitative estimate of drug-likeness (QED) is 0.750. The van der Waals surface area contributed by atoms with E-state index in [1.54, 1.807) is 19.1 Å². The van der Waals surface area contributed by atoms with Crippen molar-refractivity contribution in [3.05, 3.63) is 35.3 Å². The molecule has 90 valence electrons. The largest absolute Gasteiger partial charge is 0.356 e. The van der Waals surface area contributed by atoms with Crippen LogP contribution in [0, 0.1) is 12.7 Å². The van der Waals surface area contributed by atoms with Crippen molar-refractivity contribution in [3.63, 3.8) is 0 Å². The van der Waals surface area contributed by atoms with E-state index in [2.05, 4.69) is 10.3 Å². The summed E-state index contributed by atoms with van der Waals surface area (Å²) in [7, 11) is 0. The van der Waals surface area contributed by atoms with Crippen molar-refractivity contribution in [1.82, 2.24) is 10.3 Å². The predicted octanol–water partition coefficient (Wildman–Crippen LogP) is 1.30. The first-order chi connectivity index (χ1) is 8.15.